The Labute approximate surface area is 530 Å². The summed E-state index contributed by atoms with van der Waals surface area (Å²) in [7, 11) is 0. The van der Waals surface area contributed by atoms with Gasteiger partial charge < -0.3 is 8.83 Å². The molecule has 0 unspecified atom stereocenters. The Morgan fingerprint density at radius 3 is 0.957 bits per heavy atom. The van der Waals surface area contributed by atoms with Crippen LogP contribution in [0.15, 0.2) is 336 Å². The van der Waals surface area contributed by atoms with Gasteiger partial charge in [-0.2, -0.15) is 0 Å². The van der Waals surface area contributed by atoms with E-state index >= 15 is 0 Å². The quantitative estimate of drug-likeness (QED) is 0.112. The summed E-state index contributed by atoms with van der Waals surface area (Å²) in [6, 6.07) is 120. The Bertz CT molecular complexity index is 6100. The van der Waals surface area contributed by atoms with E-state index in [9.17, 15) is 0 Å². The second-order valence-electron chi connectivity index (χ2n) is 24.4. The number of rotatable bonds is 8. The van der Waals surface area contributed by atoms with Gasteiger partial charge in [0, 0.05) is 21.5 Å². The molecule has 0 spiro atoms. The summed E-state index contributed by atoms with van der Waals surface area (Å²) >= 11 is 0. The molecule has 0 aliphatic rings. The van der Waals surface area contributed by atoms with Crippen LogP contribution >= 0.6 is 0 Å². The first-order valence-electron chi connectivity index (χ1n) is 31.7. The van der Waals surface area contributed by atoms with Gasteiger partial charge in [0.2, 0.25) is 0 Å². The highest BCUT2D eigenvalue weighted by Gasteiger charge is 2.23. The van der Waals surface area contributed by atoms with Crippen molar-refractivity contribution in [3.8, 4) is 89.0 Å². The van der Waals surface area contributed by atoms with Gasteiger partial charge in [-0.15, -0.1) is 0 Å². The zero-order valence-electron chi connectivity index (χ0n) is 50.0. The van der Waals surface area contributed by atoms with Crippen molar-refractivity contribution in [1.29, 1.82) is 0 Å². The van der Waals surface area contributed by atoms with Crippen LogP contribution in [-0.4, -0.2) is 0 Å². The molecule has 19 rings (SSSR count). The molecular weight excluding hydrogens is 1110 g/mol. The van der Waals surface area contributed by atoms with E-state index in [1.807, 2.05) is 12.1 Å². The van der Waals surface area contributed by atoms with Crippen molar-refractivity contribution in [3.63, 3.8) is 0 Å². The van der Waals surface area contributed by atoms with Crippen LogP contribution in [0.25, 0.3) is 198 Å². The van der Waals surface area contributed by atoms with E-state index in [0.29, 0.717) is 0 Å². The van der Waals surface area contributed by atoms with Gasteiger partial charge in [-0.3, -0.25) is 0 Å². The molecule has 2 heterocycles. The van der Waals surface area contributed by atoms with E-state index in [1.165, 1.54) is 143 Å². The minimum absolute atomic E-state index is 0.904. The van der Waals surface area contributed by atoms with Crippen LogP contribution in [0, 0.1) is 0 Å². The third-order valence-electron chi connectivity index (χ3n) is 19.5. The molecule has 2 heteroatoms. The van der Waals surface area contributed by atoms with Gasteiger partial charge in [0.05, 0.1) is 0 Å². The molecule has 2 aromatic heterocycles. The predicted octanol–water partition coefficient (Wildman–Crippen LogP) is 25.7. The molecular formula is C90H54O2. The maximum atomic E-state index is 6.31. The van der Waals surface area contributed by atoms with Crippen molar-refractivity contribution >= 4 is 109 Å². The molecule has 0 fully saturated rings. The first-order chi connectivity index (χ1) is 45.6. The SMILES string of the molecule is c1ccc(-c2c3ccccc3c(-c3ccc(-c4cccc5oc6ccccc6c45)cc3)c3ccccc23)c(-c2ccc(-c3ccc4c(-c5c6ccccc6c(-c6ccc(-c7cccc8oc9ccccc9c78)cc6)c6ccccc56)cc5ccccc5c4c3)cc2)c1. The molecule has 0 bridgehead atoms. The van der Waals surface area contributed by atoms with E-state index in [2.05, 4.69) is 315 Å². The van der Waals surface area contributed by atoms with Gasteiger partial charge >= 0.3 is 0 Å². The summed E-state index contributed by atoms with van der Waals surface area (Å²) in [6.07, 6.45) is 0. The lowest BCUT2D eigenvalue weighted by Gasteiger charge is -2.20. The van der Waals surface area contributed by atoms with Gasteiger partial charge in [0.25, 0.3) is 0 Å². The highest BCUT2D eigenvalue weighted by molar-refractivity contribution is 6.27. The average Bonchev–Trinajstić information content (AvgIpc) is 1.03. The highest BCUT2D eigenvalue weighted by atomic mass is 16.3. The first kappa shape index (κ1) is 51.9. The lowest BCUT2D eigenvalue weighted by atomic mass is 9.83. The minimum Gasteiger partial charge on any atom is -0.456 e. The van der Waals surface area contributed by atoms with E-state index in [1.54, 1.807) is 0 Å². The Kier molecular flexibility index (Phi) is 11.7. The van der Waals surface area contributed by atoms with Crippen LogP contribution in [-0.2, 0) is 0 Å². The smallest absolute Gasteiger partial charge is 0.136 e. The molecule has 0 radical (unpaired) electrons. The zero-order valence-corrected chi connectivity index (χ0v) is 50.0. The van der Waals surface area contributed by atoms with Crippen molar-refractivity contribution in [2.75, 3.05) is 0 Å². The Balaban J connectivity index is 0.695. The molecule has 426 valence electrons. The summed E-state index contributed by atoms with van der Waals surface area (Å²) < 4.78 is 12.6. The Morgan fingerprint density at radius 1 is 0.152 bits per heavy atom. The van der Waals surface area contributed by atoms with E-state index < -0.39 is 0 Å². The van der Waals surface area contributed by atoms with Crippen LogP contribution in [0.1, 0.15) is 0 Å². The Hall–Kier alpha value is -12.1. The highest BCUT2D eigenvalue weighted by Crippen LogP contribution is 2.50. The molecule has 0 amide bonds. The van der Waals surface area contributed by atoms with Crippen molar-refractivity contribution in [2.24, 2.45) is 0 Å². The van der Waals surface area contributed by atoms with Crippen molar-refractivity contribution in [1.82, 2.24) is 0 Å². The number of furan rings is 2. The van der Waals surface area contributed by atoms with Crippen LogP contribution in [0.5, 0.6) is 0 Å². The number of hydrogen-bond donors (Lipinski definition) is 0. The molecule has 0 saturated carbocycles. The maximum Gasteiger partial charge on any atom is 0.136 e. The fourth-order valence-corrected chi connectivity index (χ4v) is 15.4. The summed E-state index contributed by atoms with van der Waals surface area (Å²) in [5, 5.41) is 19.3. The second-order valence-corrected chi connectivity index (χ2v) is 24.4. The van der Waals surface area contributed by atoms with Crippen LogP contribution in [0.2, 0.25) is 0 Å². The normalized spacial score (nSPS) is 11.9. The molecule has 92 heavy (non-hydrogen) atoms. The van der Waals surface area contributed by atoms with Gasteiger partial charge in [0.15, 0.2) is 0 Å². The number of fused-ring (bicyclic) bond motifs is 13. The van der Waals surface area contributed by atoms with Gasteiger partial charge in [-0.25, -0.2) is 0 Å². The monoisotopic (exact) mass is 1170 g/mol. The molecule has 0 N–H and O–H groups in total. The third kappa shape index (κ3) is 8.07. The molecule has 0 aliphatic carbocycles. The number of benzene rings is 17. The van der Waals surface area contributed by atoms with Gasteiger partial charge in [-0.1, -0.05) is 291 Å². The summed E-state index contributed by atoms with van der Waals surface area (Å²) in [5.74, 6) is 0. The van der Waals surface area contributed by atoms with Crippen LogP contribution < -0.4 is 0 Å². The zero-order chi connectivity index (χ0) is 60.4. The standard InChI is InChI=1S/C90H54O2/c1-2-21-64-62(19-1)54-80(88-75-29-11-7-25-71(75)86(72-26-8-12-30-76(72)88)60-49-45-58(46-50-60)66-34-18-38-84-90(66)78-32-14-16-36-82(78)92-84)67-52-51-61(53-79(64)67)55-39-41-56(42-40-55)63-20-3-4-22-68(63)87-73-27-9-5-23-69(73)85(70-24-6-10-28-74(70)87)59-47-43-57(44-48-59)65-33-17-37-83-89(65)77-31-13-15-35-81(77)91-83/h1-54H. The van der Waals surface area contributed by atoms with Gasteiger partial charge in [0.1, 0.15) is 22.3 Å². The number of hydrogen-bond acceptors (Lipinski definition) is 2. The third-order valence-corrected chi connectivity index (χ3v) is 19.5. The van der Waals surface area contributed by atoms with E-state index in [0.717, 1.165) is 55.0 Å². The first-order valence-corrected chi connectivity index (χ1v) is 31.7. The topological polar surface area (TPSA) is 26.3 Å². The van der Waals surface area contributed by atoms with Crippen LogP contribution in [0.4, 0.5) is 0 Å². The molecule has 17 aromatic carbocycles. The largest absolute Gasteiger partial charge is 0.456 e. The van der Waals surface area contributed by atoms with Crippen molar-refractivity contribution in [3.05, 3.63) is 328 Å². The van der Waals surface area contributed by atoms with Crippen molar-refractivity contribution in [2.45, 2.75) is 0 Å². The maximum absolute atomic E-state index is 6.31. The average molecular weight is 1170 g/mol. The van der Waals surface area contributed by atoms with Crippen molar-refractivity contribution < 1.29 is 8.83 Å². The van der Waals surface area contributed by atoms with Gasteiger partial charge in [-0.05, 0) is 190 Å². The molecule has 2 nitrogen and oxygen atoms in total. The molecule has 0 saturated heterocycles. The summed E-state index contributed by atoms with van der Waals surface area (Å²) in [4.78, 5) is 0. The second kappa shape index (κ2) is 20.8. The van der Waals surface area contributed by atoms with E-state index in [4.69, 9.17) is 8.83 Å². The van der Waals surface area contributed by atoms with Crippen LogP contribution in [0.3, 0.4) is 0 Å². The minimum atomic E-state index is 0.904. The lowest BCUT2D eigenvalue weighted by Crippen LogP contribution is -1.93. The fourth-order valence-electron chi connectivity index (χ4n) is 15.4. The summed E-state index contributed by atoms with van der Waals surface area (Å²) in [5.41, 5.74) is 22.8. The molecule has 0 aliphatic heterocycles. The van der Waals surface area contributed by atoms with E-state index in [-0.39, 0.29) is 0 Å². The lowest BCUT2D eigenvalue weighted by molar-refractivity contribution is 0.668. The fraction of sp³-hybridized carbons (Fsp3) is 0. The Morgan fingerprint density at radius 2 is 0.478 bits per heavy atom. The number of para-hydroxylation sites is 2. The molecule has 0 atom stereocenters. The predicted molar refractivity (Wildman–Crippen MR) is 390 cm³/mol. The molecule has 19 aromatic rings. The summed E-state index contributed by atoms with van der Waals surface area (Å²) in [6.45, 7) is 0.